The Kier molecular flexibility index (Phi) is 3.34. The van der Waals surface area contributed by atoms with Crippen LogP contribution in [0.2, 0.25) is 0 Å². The van der Waals surface area contributed by atoms with E-state index in [2.05, 4.69) is 12.2 Å². The SMILES string of the molecule is C[C@@H]1C[C@H]1c1ccc(/C=C/C(=O)N2CCNC(=O)C2)o1. The Hall–Kier alpha value is -2.04. The number of piperazine rings is 1. The molecule has 1 saturated carbocycles. The van der Waals surface area contributed by atoms with Crippen molar-refractivity contribution in [2.24, 2.45) is 5.92 Å². The molecule has 2 fully saturated rings. The molecule has 1 saturated heterocycles. The summed E-state index contributed by atoms with van der Waals surface area (Å²) >= 11 is 0. The third kappa shape index (κ3) is 2.76. The van der Waals surface area contributed by atoms with Gasteiger partial charge in [-0.25, -0.2) is 0 Å². The zero-order valence-electron chi connectivity index (χ0n) is 11.5. The van der Waals surface area contributed by atoms with Gasteiger partial charge in [0, 0.05) is 25.1 Å². The molecule has 0 spiro atoms. The molecule has 0 radical (unpaired) electrons. The molecule has 0 aromatic carbocycles. The van der Waals surface area contributed by atoms with Crippen LogP contribution in [0.15, 0.2) is 22.6 Å². The molecule has 106 valence electrons. The van der Waals surface area contributed by atoms with Gasteiger partial charge in [-0.3, -0.25) is 9.59 Å². The first-order valence-corrected chi connectivity index (χ1v) is 6.97. The zero-order chi connectivity index (χ0) is 14.1. The van der Waals surface area contributed by atoms with Crippen LogP contribution in [0, 0.1) is 5.92 Å². The van der Waals surface area contributed by atoms with Crippen molar-refractivity contribution in [1.82, 2.24) is 10.2 Å². The highest BCUT2D eigenvalue weighted by Gasteiger charge is 2.36. The molecular weight excluding hydrogens is 256 g/mol. The Bertz CT molecular complexity index is 561. The summed E-state index contributed by atoms with van der Waals surface area (Å²) in [4.78, 5) is 24.7. The lowest BCUT2D eigenvalue weighted by Crippen LogP contribution is -2.49. The van der Waals surface area contributed by atoms with E-state index in [0.29, 0.717) is 30.7 Å². The molecule has 2 heterocycles. The van der Waals surface area contributed by atoms with Gasteiger partial charge in [0.25, 0.3) is 0 Å². The number of nitrogens with one attached hydrogen (secondary N) is 1. The summed E-state index contributed by atoms with van der Waals surface area (Å²) in [6, 6.07) is 3.86. The fourth-order valence-electron chi connectivity index (χ4n) is 2.46. The Labute approximate surface area is 117 Å². The van der Waals surface area contributed by atoms with E-state index in [1.54, 1.807) is 6.08 Å². The topological polar surface area (TPSA) is 62.6 Å². The van der Waals surface area contributed by atoms with Gasteiger partial charge in [-0.1, -0.05) is 6.92 Å². The molecule has 2 amide bonds. The summed E-state index contributed by atoms with van der Waals surface area (Å²) in [6.45, 7) is 3.40. The van der Waals surface area contributed by atoms with Gasteiger partial charge in [-0.15, -0.1) is 0 Å². The average Bonchev–Trinajstić information content (AvgIpc) is 2.99. The van der Waals surface area contributed by atoms with E-state index in [1.165, 1.54) is 17.4 Å². The first-order chi connectivity index (χ1) is 9.63. The number of hydrogen-bond acceptors (Lipinski definition) is 3. The number of rotatable bonds is 3. The molecule has 0 bridgehead atoms. The van der Waals surface area contributed by atoms with Crippen LogP contribution in [-0.2, 0) is 9.59 Å². The Morgan fingerprint density at radius 2 is 2.30 bits per heavy atom. The molecular formula is C15H18N2O3. The van der Waals surface area contributed by atoms with E-state index < -0.39 is 0 Å². The molecule has 2 atom stereocenters. The maximum Gasteiger partial charge on any atom is 0.247 e. The molecule has 0 unspecified atom stereocenters. The second kappa shape index (κ2) is 5.15. The number of carbonyl (C=O) groups excluding carboxylic acids is 2. The molecule has 20 heavy (non-hydrogen) atoms. The van der Waals surface area contributed by atoms with E-state index >= 15 is 0 Å². The van der Waals surface area contributed by atoms with Crippen molar-refractivity contribution in [2.75, 3.05) is 19.6 Å². The van der Waals surface area contributed by atoms with Crippen LogP contribution in [0.1, 0.15) is 30.8 Å². The van der Waals surface area contributed by atoms with Crippen molar-refractivity contribution in [2.45, 2.75) is 19.3 Å². The first kappa shape index (κ1) is 13.0. The normalized spacial score (nSPS) is 25.9. The van der Waals surface area contributed by atoms with E-state index in [-0.39, 0.29) is 18.4 Å². The van der Waals surface area contributed by atoms with Gasteiger partial charge in [0.05, 0.1) is 6.54 Å². The van der Waals surface area contributed by atoms with Crippen molar-refractivity contribution in [3.8, 4) is 0 Å². The van der Waals surface area contributed by atoms with Crippen molar-refractivity contribution in [1.29, 1.82) is 0 Å². The molecule has 1 aromatic rings. The predicted molar refractivity (Wildman–Crippen MR) is 73.9 cm³/mol. The van der Waals surface area contributed by atoms with Gasteiger partial charge in [0.1, 0.15) is 11.5 Å². The monoisotopic (exact) mass is 274 g/mol. The second-order valence-corrected chi connectivity index (χ2v) is 5.50. The van der Waals surface area contributed by atoms with Crippen molar-refractivity contribution in [3.63, 3.8) is 0 Å². The van der Waals surface area contributed by atoms with Crippen molar-refractivity contribution in [3.05, 3.63) is 29.7 Å². The molecule has 1 aliphatic carbocycles. The van der Waals surface area contributed by atoms with Crippen LogP contribution in [0.3, 0.4) is 0 Å². The standard InChI is InChI=1S/C15H18N2O3/c1-10-8-12(10)13-4-2-11(20-13)3-5-15(19)17-7-6-16-14(18)9-17/h2-5,10,12H,6-9H2,1H3,(H,16,18)/b5-3+/t10-,12-/m1/s1. The second-order valence-electron chi connectivity index (χ2n) is 5.50. The minimum Gasteiger partial charge on any atom is -0.461 e. The Morgan fingerprint density at radius 1 is 1.50 bits per heavy atom. The largest absolute Gasteiger partial charge is 0.461 e. The lowest BCUT2D eigenvalue weighted by atomic mass is 10.3. The fraction of sp³-hybridized carbons (Fsp3) is 0.467. The molecule has 5 nitrogen and oxygen atoms in total. The number of amides is 2. The van der Waals surface area contributed by atoms with Gasteiger partial charge in [-0.2, -0.15) is 0 Å². The van der Waals surface area contributed by atoms with Gasteiger partial charge < -0.3 is 14.6 Å². The lowest BCUT2D eigenvalue weighted by molar-refractivity contribution is -0.134. The summed E-state index contributed by atoms with van der Waals surface area (Å²) < 4.78 is 5.70. The summed E-state index contributed by atoms with van der Waals surface area (Å²) in [6.07, 6.45) is 4.32. The summed E-state index contributed by atoms with van der Waals surface area (Å²) in [7, 11) is 0. The van der Waals surface area contributed by atoms with Gasteiger partial charge in [0.2, 0.25) is 11.8 Å². The average molecular weight is 274 g/mol. The predicted octanol–water partition coefficient (Wildman–Crippen LogP) is 1.37. The first-order valence-electron chi connectivity index (χ1n) is 6.97. The van der Waals surface area contributed by atoms with E-state index in [0.717, 1.165) is 5.76 Å². The number of furan rings is 1. The quantitative estimate of drug-likeness (QED) is 0.847. The minimum atomic E-state index is -0.155. The molecule has 3 rings (SSSR count). The lowest BCUT2D eigenvalue weighted by Gasteiger charge is -2.25. The fourth-order valence-corrected chi connectivity index (χ4v) is 2.46. The Morgan fingerprint density at radius 3 is 3.00 bits per heavy atom. The molecule has 5 heteroatoms. The number of nitrogens with zero attached hydrogens (tertiary/aromatic N) is 1. The molecule has 1 aromatic heterocycles. The number of carbonyl (C=O) groups is 2. The number of hydrogen-bond donors (Lipinski definition) is 1. The maximum atomic E-state index is 11.9. The smallest absolute Gasteiger partial charge is 0.247 e. The highest BCUT2D eigenvalue weighted by atomic mass is 16.3. The van der Waals surface area contributed by atoms with Crippen LogP contribution >= 0.6 is 0 Å². The summed E-state index contributed by atoms with van der Waals surface area (Å²) in [5, 5.41) is 2.69. The highest BCUT2D eigenvalue weighted by molar-refractivity contribution is 5.94. The molecule has 2 aliphatic rings. The zero-order valence-corrected chi connectivity index (χ0v) is 11.5. The molecule has 1 aliphatic heterocycles. The molecule has 1 N–H and O–H groups in total. The summed E-state index contributed by atoms with van der Waals surface area (Å²) in [5.41, 5.74) is 0. The van der Waals surface area contributed by atoms with Gasteiger partial charge in [-0.05, 0) is 30.5 Å². The third-order valence-electron chi connectivity index (χ3n) is 3.86. The van der Waals surface area contributed by atoms with Gasteiger partial charge in [0.15, 0.2) is 0 Å². The van der Waals surface area contributed by atoms with Crippen LogP contribution in [0.25, 0.3) is 6.08 Å². The third-order valence-corrected chi connectivity index (χ3v) is 3.86. The van der Waals surface area contributed by atoms with Gasteiger partial charge >= 0.3 is 0 Å². The minimum absolute atomic E-state index is 0.110. The van der Waals surface area contributed by atoms with E-state index in [1.807, 2.05) is 12.1 Å². The summed E-state index contributed by atoms with van der Waals surface area (Å²) in [5.74, 6) is 2.67. The van der Waals surface area contributed by atoms with Crippen LogP contribution in [-0.4, -0.2) is 36.3 Å². The van der Waals surface area contributed by atoms with Crippen LogP contribution in [0.5, 0.6) is 0 Å². The highest BCUT2D eigenvalue weighted by Crippen LogP contribution is 2.47. The van der Waals surface area contributed by atoms with Crippen molar-refractivity contribution >= 4 is 17.9 Å². The van der Waals surface area contributed by atoms with E-state index in [4.69, 9.17) is 4.42 Å². The van der Waals surface area contributed by atoms with Crippen molar-refractivity contribution < 1.29 is 14.0 Å². The van der Waals surface area contributed by atoms with E-state index in [9.17, 15) is 9.59 Å². The Balaban J connectivity index is 1.60. The maximum absolute atomic E-state index is 11.9. The van der Waals surface area contributed by atoms with Crippen LogP contribution in [0.4, 0.5) is 0 Å². The van der Waals surface area contributed by atoms with Crippen LogP contribution < -0.4 is 5.32 Å².